The molecule has 0 radical (unpaired) electrons. The minimum atomic E-state index is -2.89. The van der Waals surface area contributed by atoms with Crippen molar-refractivity contribution in [2.75, 3.05) is 120 Å². The Morgan fingerprint density at radius 1 is 0.356 bits per heavy atom. The third-order valence-electron chi connectivity index (χ3n) is 36.2. The number of rotatable bonds is 34. The van der Waals surface area contributed by atoms with Crippen molar-refractivity contribution in [2.24, 2.45) is 4.99 Å². The van der Waals surface area contributed by atoms with Crippen LogP contribution in [0.2, 0.25) is 0 Å². The number of aliphatic imine (C=N–C) groups is 1. The van der Waals surface area contributed by atoms with Crippen molar-refractivity contribution in [1.82, 2.24) is 9.38 Å². The Hall–Kier alpha value is -13.9. The van der Waals surface area contributed by atoms with Gasteiger partial charge in [0.05, 0.1) is 102 Å². The molecule has 0 bridgehead atoms. The highest BCUT2D eigenvalue weighted by Gasteiger charge is 2.76. The second-order valence-corrected chi connectivity index (χ2v) is 41.2. The Balaban J connectivity index is 0.433. The summed E-state index contributed by atoms with van der Waals surface area (Å²) in [5.41, 5.74) is 13.9. The van der Waals surface area contributed by atoms with Gasteiger partial charge in [0.15, 0.2) is 0 Å². The fourth-order valence-corrected chi connectivity index (χ4v) is 33.1. The zero-order valence-electron chi connectivity index (χ0n) is 73.9. The number of benzene rings is 22. The Labute approximate surface area is 761 Å². The molecule has 1 atom stereocenters. The molecule has 33 aromatic rings. The van der Waals surface area contributed by atoms with Gasteiger partial charge in [-0.2, -0.15) is 0 Å². The molecule has 1 fully saturated rings. The first kappa shape index (κ1) is 69.9. The first-order chi connectivity index (χ1) is 66.7. The predicted octanol–water partition coefficient (Wildman–Crippen LogP) is 26.9. The van der Waals surface area contributed by atoms with E-state index in [2.05, 4.69) is 36.2 Å². The van der Waals surface area contributed by atoms with Crippen LogP contribution in [0.4, 0.5) is 8.63 Å². The van der Waals surface area contributed by atoms with Gasteiger partial charge in [-0.1, -0.05) is 60.7 Å². The van der Waals surface area contributed by atoms with Crippen LogP contribution in [0, 0.1) is 6.92 Å². The summed E-state index contributed by atoms with van der Waals surface area (Å²) >= 11 is 0. The number of hydrogen-bond donors (Lipinski definition) is 0. The molecule has 638 valence electrons. The minimum Gasteiger partial charge on any atom is -0.493 e. The molecule has 3 heterocycles. The van der Waals surface area contributed by atoms with E-state index in [4.69, 9.17) is 52.4 Å². The molecule has 2 spiro atoms. The van der Waals surface area contributed by atoms with Crippen LogP contribution in [0.25, 0.3) is 315 Å². The zero-order chi connectivity index (χ0) is 87.1. The molecule has 16 heteroatoms. The topological polar surface area (TPSA) is 113 Å². The highest BCUT2D eigenvalue weighted by atomic mass is 19.2. The summed E-state index contributed by atoms with van der Waals surface area (Å²) < 4.78 is 91.5. The van der Waals surface area contributed by atoms with E-state index in [9.17, 15) is 0 Å². The van der Waals surface area contributed by atoms with Crippen molar-refractivity contribution in [2.45, 2.75) is 37.1 Å². The fourth-order valence-electron chi connectivity index (χ4n) is 33.1. The summed E-state index contributed by atoms with van der Waals surface area (Å²) in [7, 11) is 2.94. The van der Waals surface area contributed by atoms with E-state index in [0.29, 0.717) is 144 Å². The number of allylic oxidation sites excluding steroid dienone is 3. The minimum absolute atomic E-state index is 0.00571. The average molecular weight is 1750 g/mol. The quantitative estimate of drug-likeness (QED) is 0.0218. The maximum absolute atomic E-state index is 16.2. The Kier molecular flexibility index (Phi) is 11.4. The first-order valence-corrected chi connectivity index (χ1v) is 48.2. The number of methoxy groups -OCH3 is 2. The molecule has 0 N–H and O–H groups in total. The molecule has 39 rings (SSSR count). The average Bonchev–Trinajstić information content (AvgIpc) is 1.38. The first-order valence-electron chi connectivity index (χ1n) is 48.2. The molecule has 1 aromatic heterocycles. The van der Waals surface area contributed by atoms with Gasteiger partial charge in [0.25, 0.3) is 0 Å². The second-order valence-electron chi connectivity index (χ2n) is 41.2. The molecular formula is C119H70BF2N3O10. The number of aryl methyl sites for hydroxylation is 1. The number of hydrogen-bond acceptors (Lipinski definition) is 12. The molecule has 0 saturated carbocycles. The summed E-state index contributed by atoms with van der Waals surface area (Å²) in [6.45, 7) is 11.3. The monoisotopic (exact) mass is 1750 g/mol. The lowest BCUT2D eigenvalue weighted by atomic mass is 9.47. The van der Waals surface area contributed by atoms with Crippen LogP contribution in [0.3, 0.4) is 0 Å². The third kappa shape index (κ3) is 6.64. The molecule has 4 aliphatic carbocycles. The Morgan fingerprint density at radius 2 is 0.652 bits per heavy atom. The Bertz CT molecular complexity index is 10400. The van der Waals surface area contributed by atoms with Gasteiger partial charge in [0, 0.05) is 50.2 Å². The van der Waals surface area contributed by atoms with Crippen molar-refractivity contribution in [3.8, 4) is 23.0 Å². The summed E-state index contributed by atoms with van der Waals surface area (Å²) in [4.78, 5) is 8.16. The molecule has 6 aliphatic rings. The normalized spacial score (nSPS) is 19.0. The number of ether oxygens (including phenoxy) is 10. The predicted molar refractivity (Wildman–Crippen MR) is 546 cm³/mol. The Morgan fingerprint density at radius 3 is 0.993 bits per heavy atom. The van der Waals surface area contributed by atoms with E-state index < -0.39 is 18.2 Å². The molecule has 135 heavy (non-hydrogen) atoms. The molecule has 32 aromatic carbocycles. The second kappa shape index (κ2) is 22.0. The van der Waals surface area contributed by atoms with Crippen molar-refractivity contribution in [3.63, 3.8) is 0 Å². The highest BCUT2D eigenvalue weighted by Crippen LogP contribution is 2.87. The standard InChI is InChI=1S/C119H70BF2N3O10/c1-44-41-50(17-7-46-9-19-52(20-10-46)134-39-37-130-35-33-128-31-29-126-4)123-115(44)56(116-45(2)42-51(125(116)120(121)122)18-8-47-11-21-53(22-12-47)135-40-38-131-36-34-129-32-30-127-5)48-13-23-54(24-14-48)132-27-6-28-133-55-25-15-49(16-26-55)117-119-113-107-101-91-79-71-63-59-57-58-61-65(63)73(79)83-77-69(61)70-62(58)66-64-60(57)68-67(59)75-81(71)89-95-85(75)86-76(68)82-72(64)80-74(66)84-78(70)88-87(77)99(93(83)101)109(113)110-100(88)94(84)102-92(80)98-90(82)96(86)104-103(95)111(105(107)97(89)91)118(119,43-124(117)3)112(104)106(98)108(102)114(110)119/h7-26,41-42,117H,6,27-40,43H2,1-5H3/b17-7+,18-8+,115-56-. The van der Waals surface area contributed by atoms with Crippen LogP contribution in [0.1, 0.15) is 80.8 Å². The van der Waals surface area contributed by atoms with Crippen molar-refractivity contribution in [1.29, 1.82) is 0 Å². The van der Waals surface area contributed by atoms with E-state index in [0.717, 1.165) is 44.8 Å². The number of nitrogens with zero attached hydrogens (tertiary/aromatic N) is 3. The molecular weight excluding hydrogens is 1680 g/mol. The van der Waals surface area contributed by atoms with Crippen molar-refractivity contribution >= 4 is 328 Å². The van der Waals surface area contributed by atoms with Crippen LogP contribution >= 0.6 is 0 Å². The third-order valence-corrected chi connectivity index (χ3v) is 36.2. The summed E-state index contributed by atoms with van der Waals surface area (Å²) in [5.74, 6) is 2.91. The van der Waals surface area contributed by atoms with E-state index in [1.54, 1.807) is 333 Å². The fraction of sp³-hybridized carbons (Fsp3) is 0.202. The van der Waals surface area contributed by atoms with Gasteiger partial charge in [-0.05, 0) is 440 Å². The lowest BCUT2D eigenvalue weighted by molar-refractivity contribution is 0.0180. The van der Waals surface area contributed by atoms with E-state index in [-0.39, 0.29) is 6.04 Å². The summed E-state index contributed by atoms with van der Waals surface area (Å²) in [6.07, 6.45) is 10.2. The van der Waals surface area contributed by atoms with Crippen LogP contribution < -0.4 is 18.9 Å². The van der Waals surface area contributed by atoms with Crippen molar-refractivity contribution < 1.29 is 56.0 Å². The smallest absolute Gasteiger partial charge is 0.493 e. The van der Waals surface area contributed by atoms with Gasteiger partial charge in [-0.15, -0.1) is 0 Å². The molecule has 2 aliphatic heterocycles. The van der Waals surface area contributed by atoms with Crippen LogP contribution in [-0.4, -0.2) is 143 Å². The molecule has 1 saturated heterocycles. The number of likely N-dealkylation sites (tertiary alicyclic amines) is 1. The number of halogens is 2. The van der Waals surface area contributed by atoms with Crippen LogP contribution in [-0.2, 0) is 39.3 Å². The van der Waals surface area contributed by atoms with E-state index in [1.165, 1.54) is 5.56 Å². The van der Waals surface area contributed by atoms with Gasteiger partial charge >= 0.3 is 7.40 Å². The largest absolute Gasteiger partial charge is 0.678 e. The summed E-state index contributed by atoms with van der Waals surface area (Å²) in [5, 5.41) is 87.4. The number of aromatic nitrogens is 1. The zero-order valence-corrected chi connectivity index (χ0v) is 73.9. The maximum Gasteiger partial charge on any atom is 0.678 e. The van der Waals surface area contributed by atoms with Gasteiger partial charge in [-0.3, -0.25) is 13.5 Å². The van der Waals surface area contributed by atoms with Gasteiger partial charge in [0.1, 0.15) is 36.2 Å². The van der Waals surface area contributed by atoms with Gasteiger partial charge < -0.3 is 51.8 Å². The maximum atomic E-state index is 16.2. The molecule has 1 unspecified atom stereocenters. The number of likely N-dealkylation sites (N-methyl/N-ethyl adjacent to an activating group) is 1. The van der Waals surface area contributed by atoms with Gasteiger partial charge in [0.2, 0.25) is 0 Å². The molecule has 0 amide bonds. The SMILES string of the molecule is COCCOCCOCCOc1ccc(/C=C/C2=NC(=C(/c3ccc(OCCCOc4ccc(C5N(C)CC67c8c9c%10c%11c%12c%13c(c%14c%15c6c6c8c8c%16c9c9c%10c%10c%12c%12c%17c%13c%13c%14c%14c%15c%15c6c6c8c8c%16c%16c9c9c%10c%12c%10c%12c%17c%13c%13c%14c%14c%15c6c6c8c8c%16c9c%10c9c%12c%13c%14c6c89)C%1157)cc4)cc3)c3c(C)cc(/C=C/c4ccc(OCCOCCOCCOC)cc4)n3B(F)F)/C(C)=C2)cc1. The van der Waals surface area contributed by atoms with Gasteiger partial charge in [-0.25, -0.2) is 4.99 Å². The van der Waals surface area contributed by atoms with Crippen LogP contribution in [0.15, 0.2) is 132 Å². The van der Waals surface area contributed by atoms with Crippen molar-refractivity contribution in [3.05, 3.63) is 188 Å². The lowest BCUT2D eigenvalue weighted by Gasteiger charge is -2.52. The van der Waals surface area contributed by atoms with E-state index >= 15 is 8.63 Å². The van der Waals surface area contributed by atoms with Crippen LogP contribution in [0.5, 0.6) is 23.0 Å². The van der Waals surface area contributed by atoms with E-state index in [1.807, 2.05) is 117 Å². The molecule has 13 nitrogen and oxygen atoms in total. The highest BCUT2D eigenvalue weighted by molar-refractivity contribution is 6.82. The lowest BCUT2D eigenvalue weighted by Crippen LogP contribution is -2.51. The summed E-state index contributed by atoms with van der Waals surface area (Å²) in [6, 6.07) is 34.6.